The summed E-state index contributed by atoms with van der Waals surface area (Å²) in [4.78, 5) is 25.2. The van der Waals surface area contributed by atoms with Crippen LogP contribution in [-0.2, 0) is 22.6 Å². The highest BCUT2D eigenvalue weighted by Gasteiger charge is 2.26. The molecular formula is C20H24FN3O3. The van der Waals surface area contributed by atoms with Crippen molar-refractivity contribution in [1.29, 1.82) is 0 Å². The van der Waals surface area contributed by atoms with Crippen LogP contribution in [0.15, 0.2) is 36.5 Å². The number of benzene rings is 1. The Morgan fingerprint density at radius 1 is 1.22 bits per heavy atom. The lowest BCUT2D eigenvalue weighted by Crippen LogP contribution is -2.39. The SMILES string of the molecule is O=C(O)Cn1ccc([C@@H]2CCCN(C(=O)CCCc3ccc(F)cc3)C2)n1. The van der Waals surface area contributed by atoms with Gasteiger partial charge in [-0.15, -0.1) is 0 Å². The van der Waals surface area contributed by atoms with E-state index in [0.29, 0.717) is 13.0 Å². The van der Waals surface area contributed by atoms with E-state index in [1.807, 2.05) is 11.0 Å². The number of carboxylic acid groups (broad SMARTS) is 1. The lowest BCUT2D eigenvalue weighted by Gasteiger charge is -2.32. The third kappa shape index (κ3) is 5.39. The molecule has 6 nitrogen and oxygen atoms in total. The topological polar surface area (TPSA) is 75.4 Å². The van der Waals surface area contributed by atoms with Crippen molar-refractivity contribution in [2.75, 3.05) is 13.1 Å². The standard InChI is InChI=1S/C20H24FN3O3/c21-17-8-6-15(7-9-17)3-1-5-19(25)23-11-2-4-16(13-23)18-10-12-24(22-18)14-20(26)27/h6-10,12,16H,1-5,11,13-14H2,(H,26,27)/t16-/m1/s1. The minimum Gasteiger partial charge on any atom is -0.480 e. The Bertz CT molecular complexity index is 788. The largest absolute Gasteiger partial charge is 0.480 e. The molecule has 1 fully saturated rings. The Morgan fingerprint density at radius 3 is 2.74 bits per heavy atom. The van der Waals surface area contributed by atoms with Gasteiger partial charge in [-0.3, -0.25) is 14.3 Å². The number of halogens is 1. The Hall–Kier alpha value is -2.70. The smallest absolute Gasteiger partial charge is 0.325 e. The molecule has 0 radical (unpaired) electrons. The van der Waals surface area contributed by atoms with Gasteiger partial charge in [0.25, 0.3) is 0 Å². The van der Waals surface area contributed by atoms with Crippen LogP contribution in [0.4, 0.5) is 4.39 Å². The highest BCUT2D eigenvalue weighted by atomic mass is 19.1. The van der Waals surface area contributed by atoms with Crippen molar-refractivity contribution < 1.29 is 19.1 Å². The van der Waals surface area contributed by atoms with Crippen molar-refractivity contribution in [3.05, 3.63) is 53.6 Å². The van der Waals surface area contributed by atoms with E-state index in [1.54, 1.807) is 18.3 Å². The van der Waals surface area contributed by atoms with Crippen LogP contribution in [0, 0.1) is 5.82 Å². The van der Waals surface area contributed by atoms with Crippen molar-refractivity contribution in [3.8, 4) is 0 Å². The highest BCUT2D eigenvalue weighted by molar-refractivity contribution is 5.76. The van der Waals surface area contributed by atoms with E-state index < -0.39 is 5.97 Å². The normalized spacial score (nSPS) is 17.1. The molecule has 0 aliphatic carbocycles. The van der Waals surface area contributed by atoms with Gasteiger partial charge in [-0.25, -0.2) is 4.39 Å². The molecule has 1 aromatic carbocycles. The van der Waals surface area contributed by atoms with E-state index in [9.17, 15) is 14.0 Å². The number of rotatable bonds is 7. The minimum atomic E-state index is -0.925. The quantitative estimate of drug-likeness (QED) is 0.810. The van der Waals surface area contributed by atoms with Crippen molar-refractivity contribution in [3.63, 3.8) is 0 Å². The predicted molar refractivity (Wildman–Crippen MR) is 97.8 cm³/mol. The average molecular weight is 373 g/mol. The summed E-state index contributed by atoms with van der Waals surface area (Å²) in [6, 6.07) is 8.23. The van der Waals surface area contributed by atoms with Gasteiger partial charge in [0.05, 0.1) is 5.69 Å². The van der Waals surface area contributed by atoms with E-state index in [2.05, 4.69) is 5.10 Å². The number of aryl methyl sites for hydroxylation is 1. The number of carbonyl (C=O) groups excluding carboxylic acids is 1. The van der Waals surface area contributed by atoms with Crippen LogP contribution in [0.2, 0.25) is 0 Å². The first-order valence-electron chi connectivity index (χ1n) is 9.28. The zero-order valence-electron chi connectivity index (χ0n) is 15.2. The molecule has 1 aromatic heterocycles. The monoisotopic (exact) mass is 373 g/mol. The summed E-state index contributed by atoms with van der Waals surface area (Å²) in [5, 5.41) is 13.2. The summed E-state index contributed by atoms with van der Waals surface area (Å²) in [6.07, 6.45) is 5.50. The molecular weight excluding hydrogens is 349 g/mol. The summed E-state index contributed by atoms with van der Waals surface area (Å²) in [6.45, 7) is 1.22. The van der Waals surface area contributed by atoms with Crippen molar-refractivity contribution in [2.24, 2.45) is 0 Å². The third-order valence-corrected chi connectivity index (χ3v) is 4.92. The Balaban J connectivity index is 1.49. The summed E-state index contributed by atoms with van der Waals surface area (Å²) in [5.74, 6) is -0.896. The van der Waals surface area contributed by atoms with Crippen molar-refractivity contribution in [2.45, 2.75) is 44.6 Å². The van der Waals surface area contributed by atoms with Gasteiger partial charge in [0, 0.05) is 31.6 Å². The first-order valence-corrected chi connectivity index (χ1v) is 9.28. The summed E-state index contributed by atoms with van der Waals surface area (Å²) in [5.41, 5.74) is 1.88. The molecule has 1 aliphatic heterocycles. The van der Waals surface area contributed by atoms with Gasteiger partial charge in [-0.05, 0) is 49.4 Å². The van der Waals surface area contributed by atoms with Crippen LogP contribution in [0.5, 0.6) is 0 Å². The number of carboxylic acids is 1. The van der Waals surface area contributed by atoms with Crippen molar-refractivity contribution in [1.82, 2.24) is 14.7 Å². The van der Waals surface area contributed by atoms with E-state index in [0.717, 1.165) is 43.5 Å². The van der Waals surface area contributed by atoms with Gasteiger partial charge in [-0.1, -0.05) is 12.1 Å². The Kier molecular flexibility index (Phi) is 6.21. The second-order valence-corrected chi connectivity index (χ2v) is 6.99. The number of piperidine rings is 1. The molecule has 27 heavy (non-hydrogen) atoms. The van der Waals surface area contributed by atoms with Gasteiger partial charge in [0.2, 0.25) is 5.91 Å². The molecule has 0 spiro atoms. The fourth-order valence-corrected chi connectivity index (χ4v) is 3.52. The number of likely N-dealkylation sites (tertiary alicyclic amines) is 1. The summed E-state index contributed by atoms with van der Waals surface area (Å²) >= 11 is 0. The van der Waals surface area contributed by atoms with Gasteiger partial charge in [-0.2, -0.15) is 5.10 Å². The van der Waals surface area contributed by atoms with Crippen molar-refractivity contribution >= 4 is 11.9 Å². The molecule has 1 amide bonds. The van der Waals surface area contributed by atoms with Crippen LogP contribution in [0.1, 0.15) is 42.9 Å². The Morgan fingerprint density at radius 2 is 2.00 bits per heavy atom. The molecule has 144 valence electrons. The van der Waals surface area contributed by atoms with Gasteiger partial charge in [0.15, 0.2) is 0 Å². The second-order valence-electron chi connectivity index (χ2n) is 6.99. The number of carbonyl (C=O) groups is 2. The first kappa shape index (κ1) is 19.1. The minimum absolute atomic E-state index is 0.131. The van der Waals surface area contributed by atoms with E-state index >= 15 is 0 Å². The maximum atomic E-state index is 12.9. The van der Waals surface area contributed by atoms with Gasteiger partial charge >= 0.3 is 5.97 Å². The van der Waals surface area contributed by atoms with Crippen LogP contribution in [-0.4, -0.2) is 44.8 Å². The molecule has 1 aliphatic rings. The maximum absolute atomic E-state index is 12.9. The zero-order chi connectivity index (χ0) is 19.2. The first-order chi connectivity index (χ1) is 13.0. The molecule has 0 bridgehead atoms. The van der Waals surface area contributed by atoms with E-state index in [4.69, 9.17) is 5.11 Å². The predicted octanol–water partition coefficient (Wildman–Crippen LogP) is 2.84. The van der Waals surface area contributed by atoms with E-state index in [1.165, 1.54) is 16.8 Å². The second kappa shape index (κ2) is 8.79. The lowest BCUT2D eigenvalue weighted by atomic mass is 9.94. The number of aromatic nitrogens is 2. The molecule has 7 heteroatoms. The maximum Gasteiger partial charge on any atom is 0.325 e. The van der Waals surface area contributed by atoms with Crippen LogP contribution in [0.25, 0.3) is 0 Å². The molecule has 1 atom stereocenters. The summed E-state index contributed by atoms with van der Waals surface area (Å²) in [7, 11) is 0. The molecule has 2 aromatic rings. The highest BCUT2D eigenvalue weighted by Crippen LogP contribution is 2.26. The molecule has 1 saturated heterocycles. The number of amides is 1. The van der Waals surface area contributed by atoms with Gasteiger partial charge in [0.1, 0.15) is 12.4 Å². The number of aliphatic carboxylic acids is 1. The third-order valence-electron chi connectivity index (χ3n) is 4.92. The average Bonchev–Trinajstić information content (AvgIpc) is 3.11. The van der Waals surface area contributed by atoms with Gasteiger partial charge < -0.3 is 10.0 Å². The molecule has 1 N–H and O–H groups in total. The van der Waals surface area contributed by atoms with Crippen LogP contribution < -0.4 is 0 Å². The molecule has 0 saturated carbocycles. The van der Waals surface area contributed by atoms with Crippen LogP contribution >= 0.6 is 0 Å². The molecule has 3 rings (SSSR count). The van der Waals surface area contributed by atoms with E-state index in [-0.39, 0.29) is 24.2 Å². The van der Waals surface area contributed by atoms with Crippen LogP contribution in [0.3, 0.4) is 0 Å². The molecule has 0 unspecified atom stereocenters. The fraction of sp³-hybridized carbons (Fsp3) is 0.450. The number of nitrogens with zero attached hydrogens (tertiary/aromatic N) is 3. The number of hydrogen-bond acceptors (Lipinski definition) is 3. The fourth-order valence-electron chi connectivity index (χ4n) is 3.52. The molecule has 2 heterocycles. The summed E-state index contributed by atoms with van der Waals surface area (Å²) < 4.78 is 14.3. The Labute approximate surface area is 157 Å². The number of hydrogen-bond donors (Lipinski definition) is 1. The lowest BCUT2D eigenvalue weighted by molar-refractivity contribution is -0.138. The zero-order valence-corrected chi connectivity index (χ0v) is 15.2.